The first kappa shape index (κ1) is 18.4. The van der Waals surface area contributed by atoms with Crippen molar-refractivity contribution in [2.75, 3.05) is 6.54 Å². The minimum absolute atomic E-state index is 0.147. The fourth-order valence-corrected chi connectivity index (χ4v) is 3.28. The zero-order valence-electron chi connectivity index (χ0n) is 13.3. The number of halogens is 1. The van der Waals surface area contributed by atoms with Gasteiger partial charge in [-0.25, -0.2) is 13.1 Å². The summed E-state index contributed by atoms with van der Waals surface area (Å²) in [5.41, 5.74) is 0.635. The molecular weight excluding hydrogens is 308 g/mol. The van der Waals surface area contributed by atoms with Gasteiger partial charge in [0, 0.05) is 17.6 Å². The van der Waals surface area contributed by atoms with E-state index in [0.717, 1.165) is 12.1 Å². The molecule has 2 N–H and O–H groups in total. The Morgan fingerprint density at radius 2 is 1.90 bits per heavy atom. The molecule has 1 rings (SSSR count). The Balaban J connectivity index is 3.03. The Labute approximate surface area is 133 Å². The summed E-state index contributed by atoms with van der Waals surface area (Å²) in [4.78, 5) is 0.246. The van der Waals surface area contributed by atoms with Crippen LogP contribution >= 0.6 is 11.6 Å². The quantitative estimate of drug-likeness (QED) is 0.841. The lowest BCUT2D eigenvalue weighted by molar-refractivity contribution is 0.317. The third-order valence-corrected chi connectivity index (χ3v) is 5.43. The van der Waals surface area contributed by atoms with E-state index in [1.165, 1.54) is 6.07 Å². The first-order chi connectivity index (χ1) is 9.58. The van der Waals surface area contributed by atoms with Gasteiger partial charge in [-0.05, 0) is 42.6 Å². The summed E-state index contributed by atoms with van der Waals surface area (Å²) in [6, 6.07) is 4.62. The SMILES string of the molecule is CCNCc1cc(S(=O)(=O)NC(C)C(C)(C)C)ccc1Cl. The van der Waals surface area contributed by atoms with Crippen molar-refractivity contribution in [1.82, 2.24) is 10.0 Å². The van der Waals surface area contributed by atoms with Crippen molar-refractivity contribution in [2.24, 2.45) is 5.41 Å². The van der Waals surface area contributed by atoms with Gasteiger partial charge >= 0.3 is 0 Å². The van der Waals surface area contributed by atoms with Gasteiger partial charge in [0.25, 0.3) is 0 Å². The van der Waals surface area contributed by atoms with E-state index in [1.807, 2.05) is 34.6 Å². The molecule has 1 atom stereocenters. The fourth-order valence-electron chi connectivity index (χ4n) is 1.59. The number of sulfonamides is 1. The van der Waals surface area contributed by atoms with Crippen molar-refractivity contribution in [3.63, 3.8) is 0 Å². The van der Waals surface area contributed by atoms with Crippen LogP contribution in [-0.4, -0.2) is 21.0 Å². The first-order valence-electron chi connectivity index (χ1n) is 7.09. The average Bonchev–Trinajstić information content (AvgIpc) is 2.36. The highest BCUT2D eigenvalue weighted by atomic mass is 35.5. The summed E-state index contributed by atoms with van der Waals surface area (Å²) in [5, 5.41) is 3.72. The van der Waals surface area contributed by atoms with E-state index in [0.29, 0.717) is 11.6 Å². The molecule has 0 bridgehead atoms. The number of hydrogen-bond acceptors (Lipinski definition) is 3. The lowest BCUT2D eigenvalue weighted by Crippen LogP contribution is -2.41. The predicted molar refractivity (Wildman–Crippen MR) is 88.1 cm³/mol. The normalized spacial score (nSPS) is 14.2. The van der Waals surface area contributed by atoms with Gasteiger partial charge in [-0.1, -0.05) is 39.3 Å². The molecule has 6 heteroatoms. The maximum atomic E-state index is 12.5. The van der Waals surface area contributed by atoms with Gasteiger partial charge in [0.1, 0.15) is 0 Å². The van der Waals surface area contributed by atoms with Crippen LogP contribution in [0, 0.1) is 5.41 Å². The summed E-state index contributed by atoms with van der Waals surface area (Å²) in [5.74, 6) is 0. The van der Waals surface area contributed by atoms with Gasteiger partial charge in [-0.2, -0.15) is 0 Å². The molecule has 0 saturated heterocycles. The maximum Gasteiger partial charge on any atom is 0.240 e. The molecule has 4 nitrogen and oxygen atoms in total. The van der Waals surface area contributed by atoms with Crippen LogP contribution in [0.25, 0.3) is 0 Å². The smallest absolute Gasteiger partial charge is 0.240 e. The molecule has 0 aromatic heterocycles. The number of rotatable bonds is 6. The number of hydrogen-bond donors (Lipinski definition) is 2. The van der Waals surface area contributed by atoms with E-state index >= 15 is 0 Å². The molecule has 0 aliphatic rings. The molecule has 0 aliphatic heterocycles. The monoisotopic (exact) mass is 332 g/mol. The molecule has 1 unspecified atom stereocenters. The maximum absolute atomic E-state index is 12.5. The molecule has 120 valence electrons. The van der Waals surface area contributed by atoms with E-state index in [-0.39, 0.29) is 16.4 Å². The molecular formula is C15H25ClN2O2S. The van der Waals surface area contributed by atoms with E-state index < -0.39 is 10.0 Å². The van der Waals surface area contributed by atoms with E-state index in [1.54, 1.807) is 12.1 Å². The highest BCUT2D eigenvalue weighted by molar-refractivity contribution is 7.89. The standard InChI is InChI=1S/C15H25ClN2O2S/c1-6-17-10-12-9-13(7-8-14(12)16)21(19,20)18-11(2)15(3,4)5/h7-9,11,17-18H,6,10H2,1-5H3. The molecule has 0 amide bonds. The Hall–Kier alpha value is -0.620. The van der Waals surface area contributed by atoms with Gasteiger partial charge in [-0.3, -0.25) is 0 Å². The highest BCUT2D eigenvalue weighted by Gasteiger charge is 2.26. The molecule has 0 spiro atoms. The average molecular weight is 333 g/mol. The largest absolute Gasteiger partial charge is 0.313 e. The molecule has 0 radical (unpaired) electrons. The van der Waals surface area contributed by atoms with Crippen LogP contribution in [0.4, 0.5) is 0 Å². The second-order valence-corrected chi connectivity index (χ2v) is 8.36. The Kier molecular flexibility index (Phi) is 6.23. The van der Waals surface area contributed by atoms with Gasteiger partial charge in [0.15, 0.2) is 0 Å². The number of nitrogens with one attached hydrogen (secondary N) is 2. The van der Waals surface area contributed by atoms with Crippen LogP contribution in [0.1, 0.15) is 40.2 Å². The minimum Gasteiger partial charge on any atom is -0.313 e. The minimum atomic E-state index is -3.54. The first-order valence-corrected chi connectivity index (χ1v) is 8.95. The van der Waals surface area contributed by atoms with Crippen LogP contribution in [0.5, 0.6) is 0 Å². The lowest BCUT2D eigenvalue weighted by Gasteiger charge is -2.27. The van der Waals surface area contributed by atoms with E-state index in [2.05, 4.69) is 10.0 Å². The fraction of sp³-hybridized carbons (Fsp3) is 0.600. The second-order valence-electron chi connectivity index (χ2n) is 6.24. The van der Waals surface area contributed by atoms with Crippen LogP contribution in [-0.2, 0) is 16.6 Å². The second kappa shape index (κ2) is 7.09. The van der Waals surface area contributed by atoms with Crippen LogP contribution in [0.15, 0.2) is 23.1 Å². The van der Waals surface area contributed by atoms with Crippen LogP contribution < -0.4 is 10.0 Å². The van der Waals surface area contributed by atoms with E-state index in [9.17, 15) is 8.42 Å². The van der Waals surface area contributed by atoms with Crippen molar-refractivity contribution in [1.29, 1.82) is 0 Å². The highest BCUT2D eigenvalue weighted by Crippen LogP contribution is 2.23. The summed E-state index contributed by atoms with van der Waals surface area (Å²) in [6.45, 7) is 11.2. The van der Waals surface area contributed by atoms with Gasteiger partial charge in [0.05, 0.1) is 4.90 Å². The number of benzene rings is 1. The van der Waals surface area contributed by atoms with Crippen molar-refractivity contribution in [2.45, 2.75) is 52.1 Å². The van der Waals surface area contributed by atoms with Crippen molar-refractivity contribution in [3.05, 3.63) is 28.8 Å². The van der Waals surface area contributed by atoms with E-state index in [4.69, 9.17) is 11.6 Å². The Bertz CT molecular complexity index is 580. The van der Waals surface area contributed by atoms with Crippen LogP contribution in [0.2, 0.25) is 5.02 Å². The molecule has 1 aromatic rings. The van der Waals surface area contributed by atoms with Crippen molar-refractivity contribution < 1.29 is 8.42 Å². The molecule has 1 aromatic carbocycles. The molecule has 21 heavy (non-hydrogen) atoms. The zero-order chi connectivity index (χ0) is 16.3. The third-order valence-electron chi connectivity index (χ3n) is 3.52. The summed E-state index contributed by atoms with van der Waals surface area (Å²) in [6.07, 6.45) is 0. The molecule has 0 fully saturated rings. The van der Waals surface area contributed by atoms with Crippen LogP contribution in [0.3, 0.4) is 0 Å². The van der Waals surface area contributed by atoms with Crippen molar-refractivity contribution >= 4 is 21.6 Å². The Morgan fingerprint density at radius 1 is 1.29 bits per heavy atom. The molecule has 0 heterocycles. The summed E-state index contributed by atoms with van der Waals surface area (Å²) >= 11 is 6.11. The Morgan fingerprint density at radius 3 is 2.43 bits per heavy atom. The third kappa shape index (κ3) is 5.25. The zero-order valence-corrected chi connectivity index (χ0v) is 14.9. The topological polar surface area (TPSA) is 58.2 Å². The molecule has 0 aliphatic carbocycles. The molecule has 0 saturated carbocycles. The summed E-state index contributed by atoms with van der Waals surface area (Å²) < 4.78 is 27.6. The van der Waals surface area contributed by atoms with Gasteiger partial charge in [0.2, 0.25) is 10.0 Å². The lowest BCUT2D eigenvalue weighted by atomic mass is 9.89. The predicted octanol–water partition coefficient (Wildman–Crippen LogP) is 3.16. The van der Waals surface area contributed by atoms with Gasteiger partial charge in [-0.15, -0.1) is 0 Å². The van der Waals surface area contributed by atoms with Gasteiger partial charge < -0.3 is 5.32 Å². The summed E-state index contributed by atoms with van der Waals surface area (Å²) in [7, 11) is -3.54. The van der Waals surface area contributed by atoms with Crippen molar-refractivity contribution in [3.8, 4) is 0 Å².